The molecule has 1 saturated heterocycles. The number of likely N-dealkylation sites (tertiary alicyclic amines) is 1. The maximum Gasteiger partial charge on any atom is 0.310 e. The molecule has 2 aromatic heterocycles. The van der Waals surface area contributed by atoms with Crippen LogP contribution in [-0.2, 0) is 27.9 Å². The average molecular weight is 440 g/mol. The third kappa shape index (κ3) is 3.79. The van der Waals surface area contributed by atoms with Crippen LogP contribution in [0.3, 0.4) is 0 Å². The van der Waals surface area contributed by atoms with Gasteiger partial charge in [0.2, 0.25) is 0 Å². The van der Waals surface area contributed by atoms with E-state index in [1.807, 2.05) is 35.9 Å². The van der Waals surface area contributed by atoms with E-state index < -0.39 is 0 Å². The number of amides is 1. The van der Waals surface area contributed by atoms with Gasteiger partial charge in [0.25, 0.3) is 11.5 Å². The van der Waals surface area contributed by atoms with Crippen LogP contribution in [0.25, 0.3) is 21.8 Å². The molecule has 0 saturated carbocycles. The van der Waals surface area contributed by atoms with Crippen LogP contribution in [0.15, 0.2) is 35.3 Å². The van der Waals surface area contributed by atoms with Crippen molar-refractivity contribution < 1.29 is 19.1 Å². The summed E-state index contributed by atoms with van der Waals surface area (Å²) in [4.78, 5) is 41.0. The number of ether oxygens (including phenoxy) is 2. The van der Waals surface area contributed by atoms with Gasteiger partial charge in [0.15, 0.2) is 0 Å². The van der Waals surface area contributed by atoms with Crippen LogP contribution in [0.5, 0.6) is 0 Å². The largest absolute Gasteiger partial charge is 0.466 e. The normalized spacial score (nSPS) is 16.6. The molecule has 8 heteroatoms. The Hall–Kier alpha value is -3.13. The van der Waals surface area contributed by atoms with Crippen LogP contribution < -0.4 is 5.56 Å². The lowest BCUT2D eigenvalue weighted by molar-refractivity contribution is -0.149. The van der Waals surface area contributed by atoms with Gasteiger partial charge in [-0.25, -0.2) is 0 Å². The number of rotatable bonds is 6. The van der Waals surface area contributed by atoms with E-state index in [1.54, 1.807) is 29.7 Å². The number of pyridine rings is 1. The van der Waals surface area contributed by atoms with E-state index in [0.29, 0.717) is 55.7 Å². The maximum atomic E-state index is 13.7. The van der Waals surface area contributed by atoms with E-state index in [4.69, 9.17) is 9.47 Å². The summed E-state index contributed by atoms with van der Waals surface area (Å²) in [5, 5.41) is 1.52. The molecule has 1 amide bonds. The summed E-state index contributed by atoms with van der Waals surface area (Å²) in [5.74, 6) is -0.757. The molecule has 0 N–H and O–H groups in total. The number of para-hydroxylation sites is 1. The van der Waals surface area contributed by atoms with Gasteiger partial charge >= 0.3 is 5.97 Å². The topological polar surface area (TPSA) is 82.8 Å². The number of hydrogen-bond acceptors (Lipinski definition) is 5. The molecular formula is C24H29N3O5. The molecule has 1 aliphatic heterocycles. The van der Waals surface area contributed by atoms with Gasteiger partial charge in [-0.05, 0) is 25.8 Å². The molecule has 1 atom stereocenters. The van der Waals surface area contributed by atoms with Gasteiger partial charge in [0, 0.05) is 56.3 Å². The number of aryl methyl sites for hydroxylation is 1. The molecule has 0 bridgehead atoms. The second-order valence-electron chi connectivity index (χ2n) is 8.18. The van der Waals surface area contributed by atoms with Gasteiger partial charge in [-0.15, -0.1) is 0 Å². The number of benzene rings is 1. The number of piperidine rings is 1. The van der Waals surface area contributed by atoms with Gasteiger partial charge in [-0.3, -0.25) is 14.4 Å². The minimum absolute atomic E-state index is 0.157. The number of esters is 1. The Labute approximate surface area is 186 Å². The zero-order valence-electron chi connectivity index (χ0n) is 18.8. The Morgan fingerprint density at radius 2 is 2.00 bits per heavy atom. The van der Waals surface area contributed by atoms with E-state index >= 15 is 0 Å². The molecule has 1 fully saturated rings. The molecule has 8 nitrogen and oxygen atoms in total. The van der Waals surface area contributed by atoms with Crippen LogP contribution in [0.2, 0.25) is 0 Å². The molecule has 32 heavy (non-hydrogen) atoms. The van der Waals surface area contributed by atoms with E-state index in [2.05, 4.69) is 0 Å². The Kier molecular flexibility index (Phi) is 6.32. The zero-order valence-corrected chi connectivity index (χ0v) is 18.8. The van der Waals surface area contributed by atoms with Gasteiger partial charge < -0.3 is 23.5 Å². The summed E-state index contributed by atoms with van der Waals surface area (Å²) in [6, 6.07) is 7.70. The van der Waals surface area contributed by atoms with Crippen LogP contribution in [0.1, 0.15) is 30.1 Å². The van der Waals surface area contributed by atoms with Crippen molar-refractivity contribution in [3.63, 3.8) is 0 Å². The average Bonchev–Trinajstić information content (AvgIpc) is 3.12. The predicted molar refractivity (Wildman–Crippen MR) is 122 cm³/mol. The van der Waals surface area contributed by atoms with Gasteiger partial charge in [0.05, 0.1) is 24.7 Å². The molecule has 1 unspecified atom stereocenters. The Morgan fingerprint density at radius 3 is 2.75 bits per heavy atom. The number of aromatic nitrogens is 2. The highest BCUT2D eigenvalue weighted by Gasteiger charge is 2.31. The van der Waals surface area contributed by atoms with E-state index in [0.717, 1.165) is 17.3 Å². The molecule has 3 aromatic rings. The van der Waals surface area contributed by atoms with E-state index in [1.165, 1.54) is 0 Å². The summed E-state index contributed by atoms with van der Waals surface area (Å²) in [5.41, 5.74) is 1.70. The first-order valence-corrected chi connectivity index (χ1v) is 11.0. The zero-order chi connectivity index (χ0) is 22.8. The number of carbonyl (C=O) groups excluding carboxylic acids is 2. The molecule has 0 radical (unpaired) electrons. The Bertz CT molecular complexity index is 1230. The van der Waals surface area contributed by atoms with Crippen molar-refractivity contribution in [1.29, 1.82) is 0 Å². The van der Waals surface area contributed by atoms with Gasteiger partial charge in [-0.1, -0.05) is 18.2 Å². The maximum absolute atomic E-state index is 13.7. The van der Waals surface area contributed by atoms with E-state index in [9.17, 15) is 14.4 Å². The summed E-state index contributed by atoms with van der Waals surface area (Å²) in [7, 11) is 3.42. The highest BCUT2D eigenvalue weighted by Crippen LogP contribution is 2.30. The number of nitrogens with zero attached hydrogens (tertiary/aromatic N) is 3. The van der Waals surface area contributed by atoms with Crippen molar-refractivity contribution in [3.05, 3.63) is 46.4 Å². The second-order valence-corrected chi connectivity index (χ2v) is 8.18. The first-order valence-electron chi connectivity index (χ1n) is 11.0. The van der Waals surface area contributed by atoms with Crippen molar-refractivity contribution in [2.75, 3.05) is 33.4 Å². The SMILES string of the molecule is CCOC(=O)C1CCCN(C(=O)c2cn(CCOC)c(=O)c3c2c2ccccc2n3C)C1. The summed E-state index contributed by atoms with van der Waals surface area (Å²) >= 11 is 0. The molecule has 4 rings (SSSR count). The highest BCUT2D eigenvalue weighted by atomic mass is 16.5. The quantitative estimate of drug-likeness (QED) is 0.552. The Balaban J connectivity index is 1.84. The first kappa shape index (κ1) is 22.1. The van der Waals surface area contributed by atoms with Gasteiger partial charge in [0.1, 0.15) is 5.52 Å². The summed E-state index contributed by atoms with van der Waals surface area (Å²) in [6.07, 6.45) is 3.09. The fourth-order valence-corrected chi connectivity index (χ4v) is 4.63. The molecule has 0 spiro atoms. The number of methoxy groups -OCH3 is 1. The lowest BCUT2D eigenvalue weighted by Crippen LogP contribution is -2.43. The number of hydrogen-bond donors (Lipinski definition) is 0. The predicted octanol–water partition coefficient (Wildman–Crippen LogP) is 2.55. The van der Waals surface area contributed by atoms with Crippen molar-refractivity contribution in [2.24, 2.45) is 13.0 Å². The fraction of sp³-hybridized carbons (Fsp3) is 0.458. The highest BCUT2D eigenvalue weighted by molar-refractivity contribution is 6.17. The lowest BCUT2D eigenvalue weighted by atomic mass is 9.97. The van der Waals surface area contributed by atoms with Crippen LogP contribution >= 0.6 is 0 Å². The fourth-order valence-electron chi connectivity index (χ4n) is 4.63. The third-order valence-electron chi connectivity index (χ3n) is 6.22. The van der Waals surface area contributed by atoms with Crippen molar-refractivity contribution in [1.82, 2.24) is 14.0 Å². The Morgan fingerprint density at radius 1 is 1.22 bits per heavy atom. The minimum Gasteiger partial charge on any atom is -0.466 e. The minimum atomic E-state index is -0.324. The summed E-state index contributed by atoms with van der Waals surface area (Å²) < 4.78 is 13.8. The van der Waals surface area contributed by atoms with Crippen molar-refractivity contribution >= 4 is 33.7 Å². The molecule has 1 aliphatic rings. The van der Waals surface area contributed by atoms with Gasteiger partial charge in [-0.2, -0.15) is 0 Å². The van der Waals surface area contributed by atoms with Crippen molar-refractivity contribution in [2.45, 2.75) is 26.3 Å². The number of fused-ring (bicyclic) bond motifs is 3. The first-order chi connectivity index (χ1) is 15.5. The van der Waals surface area contributed by atoms with Crippen LogP contribution in [0, 0.1) is 5.92 Å². The van der Waals surface area contributed by atoms with Crippen molar-refractivity contribution in [3.8, 4) is 0 Å². The third-order valence-corrected chi connectivity index (χ3v) is 6.22. The molecular weight excluding hydrogens is 410 g/mol. The summed E-state index contributed by atoms with van der Waals surface area (Å²) in [6.45, 7) is 3.70. The monoisotopic (exact) mass is 439 g/mol. The smallest absolute Gasteiger partial charge is 0.310 e. The van der Waals surface area contributed by atoms with E-state index in [-0.39, 0.29) is 23.4 Å². The van der Waals surface area contributed by atoms with Crippen LogP contribution in [0.4, 0.5) is 0 Å². The van der Waals surface area contributed by atoms with Crippen LogP contribution in [-0.4, -0.2) is 59.3 Å². The standard InChI is InChI=1S/C24H29N3O5/c1-4-32-24(30)16-8-7-11-26(14-16)22(28)18-15-27(12-13-31-3)23(29)21-20(18)17-9-5-6-10-19(17)25(21)2/h5-6,9-10,15-16H,4,7-8,11-14H2,1-3H3. The lowest BCUT2D eigenvalue weighted by Gasteiger charge is -2.32. The molecule has 170 valence electrons. The second kappa shape index (κ2) is 9.16. The molecule has 1 aromatic carbocycles. The molecule has 3 heterocycles. The number of carbonyl (C=O) groups is 2. The molecule has 0 aliphatic carbocycles.